The zero-order chi connectivity index (χ0) is 15.6. The molecule has 2 saturated heterocycles. The SMILES string of the molecule is CC(C)=C[SiH2]CCC[SiH2]C(N1CCOCC1)N1CCOCC1. The summed E-state index contributed by atoms with van der Waals surface area (Å²) in [6, 6.07) is 3.00. The fraction of sp³-hybridized carbons (Fsp3) is 0.875. The molecule has 0 radical (unpaired) electrons. The molecule has 22 heavy (non-hydrogen) atoms. The molecule has 2 heterocycles. The van der Waals surface area contributed by atoms with Gasteiger partial charge in [0.25, 0.3) is 0 Å². The highest BCUT2D eigenvalue weighted by Gasteiger charge is 2.27. The summed E-state index contributed by atoms with van der Waals surface area (Å²) >= 11 is 0. The average Bonchev–Trinajstić information content (AvgIpc) is 2.55. The van der Waals surface area contributed by atoms with Crippen LogP contribution in [0.4, 0.5) is 0 Å². The lowest BCUT2D eigenvalue weighted by atomic mass is 10.4. The van der Waals surface area contributed by atoms with Crippen LogP contribution in [0.2, 0.25) is 12.1 Å². The van der Waals surface area contributed by atoms with Crippen molar-refractivity contribution in [1.29, 1.82) is 0 Å². The summed E-state index contributed by atoms with van der Waals surface area (Å²) in [6.07, 6.45) is 1.47. The Labute approximate surface area is 140 Å². The molecule has 4 nitrogen and oxygen atoms in total. The molecule has 6 heteroatoms. The van der Waals surface area contributed by atoms with Crippen LogP contribution in [-0.4, -0.2) is 87.2 Å². The zero-order valence-corrected chi connectivity index (χ0v) is 17.4. The Kier molecular flexibility index (Phi) is 8.95. The van der Waals surface area contributed by atoms with E-state index in [1.807, 2.05) is 0 Å². The Balaban J connectivity index is 1.75. The molecule has 2 aliphatic heterocycles. The van der Waals surface area contributed by atoms with Crippen LogP contribution in [0, 0.1) is 0 Å². The molecule has 2 rings (SSSR count). The molecule has 0 saturated carbocycles. The van der Waals surface area contributed by atoms with Crippen molar-refractivity contribution in [3.05, 3.63) is 11.3 Å². The molecule has 0 aromatic carbocycles. The van der Waals surface area contributed by atoms with Crippen molar-refractivity contribution in [2.75, 3.05) is 52.6 Å². The Bertz CT molecular complexity index is 308. The minimum absolute atomic E-state index is 0.0659. The van der Waals surface area contributed by atoms with Crippen molar-refractivity contribution in [3.8, 4) is 0 Å². The van der Waals surface area contributed by atoms with E-state index in [2.05, 4.69) is 29.3 Å². The maximum atomic E-state index is 5.55. The first-order chi connectivity index (χ1) is 10.8. The first kappa shape index (κ1) is 18.4. The van der Waals surface area contributed by atoms with E-state index < -0.39 is 0 Å². The lowest BCUT2D eigenvalue weighted by Crippen LogP contribution is -2.58. The minimum Gasteiger partial charge on any atom is -0.379 e. The van der Waals surface area contributed by atoms with Crippen LogP contribution in [0.5, 0.6) is 0 Å². The van der Waals surface area contributed by atoms with Crippen LogP contribution in [0.1, 0.15) is 20.3 Å². The van der Waals surface area contributed by atoms with Gasteiger partial charge in [-0.1, -0.05) is 24.1 Å². The smallest absolute Gasteiger partial charge is 0.0594 e. The van der Waals surface area contributed by atoms with E-state index >= 15 is 0 Å². The largest absolute Gasteiger partial charge is 0.379 e. The van der Waals surface area contributed by atoms with Gasteiger partial charge >= 0.3 is 0 Å². The summed E-state index contributed by atoms with van der Waals surface area (Å²) in [6.45, 7) is 12.6. The Morgan fingerprint density at radius 2 is 1.50 bits per heavy atom. The van der Waals surface area contributed by atoms with Crippen molar-refractivity contribution >= 4 is 19.0 Å². The molecule has 2 fully saturated rings. The molecule has 0 aromatic heterocycles. The third kappa shape index (κ3) is 6.64. The maximum absolute atomic E-state index is 5.55. The quantitative estimate of drug-likeness (QED) is 0.472. The van der Waals surface area contributed by atoms with Crippen molar-refractivity contribution in [1.82, 2.24) is 9.80 Å². The Morgan fingerprint density at radius 1 is 0.955 bits per heavy atom. The van der Waals surface area contributed by atoms with Gasteiger partial charge in [0.05, 0.1) is 35.9 Å². The number of nitrogens with zero attached hydrogens (tertiary/aromatic N) is 2. The zero-order valence-electron chi connectivity index (χ0n) is 14.6. The molecule has 0 unspecified atom stereocenters. The first-order valence-corrected chi connectivity index (χ1v) is 12.7. The van der Waals surface area contributed by atoms with Gasteiger partial charge in [0.1, 0.15) is 0 Å². The van der Waals surface area contributed by atoms with Crippen LogP contribution in [0.15, 0.2) is 11.3 Å². The van der Waals surface area contributed by atoms with Crippen molar-refractivity contribution in [2.24, 2.45) is 0 Å². The van der Waals surface area contributed by atoms with Gasteiger partial charge in [-0.3, -0.25) is 9.80 Å². The molecule has 0 N–H and O–H groups in total. The van der Waals surface area contributed by atoms with Gasteiger partial charge in [0.15, 0.2) is 0 Å². The van der Waals surface area contributed by atoms with Crippen molar-refractivity contribution < 1.29 is 9.47 Å². The summed E-state index contributed by atoms with van der Waals surface area (Å²) in [5, 5.41) is 0. The van der Waals surface area contributed by atoms with Crippen LogP contribution in [-0.2, 0) is 9.47 Å². The lowest BCUT2D eigenvalue weighted by molar-refractivity contribution is -0.0392. The Morgan fingerprint density at radius 3 is 2.00 bits per heavy atom. The number of rotatable bonds is 8. The molecule has 0 bridgehead atoms. The fourth-order valence-electron chi connectivity index (χ4n) is 3.39. The molecule has 0 atom stereocenters. The summed E-state index contributed by atoms with van der Waals surface area (Å²) < 4.78 is 11.1. The normalized spacial score (nSPS) is 22.3. The predicted octanol–water partition coefficient (Wildman–Crippen LogP) is 0.422. The third-order valence-electron chi connectivity index (χ3n) is 4.65. The van der Waals surface area contributed by atoms with Crippen molar-refractivity contribution in [2.45, 2.75) is 38.1 Å². The standard InChI is InChI=1S/C16H34N2O2Si2/c1-15(2)14-21-12-3-13-22-16(17-4-8-19-9-5-17)18-6-10-20-11-7-18/h14,16H,3-13,21-22H2,1-2H3. The van der Waals surface area contributed by atoms with Crippen LogP contribution >= 0.6 is 0 Å². The van der Waals surface area contributed by atoms with E-state index in [1.54, 1.807) is 0 Å². The highest BCUT2D eigenvalue weighted by molar-refractivity contribution is 6.42. The van der Waals surface area contributed by atoms with E-state index in [0.29, 0.717) is 0 Å². The summed E-state index contributed by atoms with van der Waals surface area (Å²) in [5.41, 5.74) is 4.03. The summed E-state index contributed by atoms with van der Waals surface area (Å²) in [5.74, 6) is 0.748. The molecular formula is C16H34N2O2Si2. The van der Waals surface area contributed by atoms with Gasteiger partial charge in [-0.05, 0) is 13.8 Å². The van der Waals surface area contributed by atoms with Gasteiger partial charge in [-0.15, -0.1) is 5.70 Å². The first-order valence-electron chi connectivity index (χ1n) is 9.04. The molecule has 0 aromatic rings. The number of hydrogen-bond acceptors (Lipinski definition) is 4. The van der Waals surface area contributed by atoms with Gasteiger partial charge in [-0.2, -0.15) is 0 Å². The minimum atomic E-state index is -0.0695. The lowest BCUT2D eigenvalue weighted by Gasteiger charge is -2.43. The van der Waals surface area contributed by atoms with Gasteiger partial charge in [0, 0.05) is 41.5 Å². The van der Waals surface area contributed by atoms with E-state index in [1.165, 1.54) is 24.1 Å². The molecule has 128 valence electrons. The highest BCUT2D eigenvalue weighted by Crippen LogP contribution is 2.13. The second-order valence-corrected chi connectivity index (χ2v) is 10.4. The topological polar surface area (TPSA) is 24.9 Å². The molecule has 2 aliphatic rings. The second kappa shape index (κ2) is 10.7. The summed E-state index contributed by atoms with van der Waals surface area (Å²) in [4.78, 5) is 5.41. The Hall–Kier alpha value is 0.0138. The van der Waals surface area contributed by atoms with Gasteiger partial charge < -0.3 is 9.47 Å². The van der Waals surface area contributed by atoms with E-state index in [0.717, 1.165) is 58.4 Å². The molecule has 0 amide bonds. The second-order valence-electron chi connectivity index (χ2n) is 6.70. The number of ether oxygens (including phenoxy) is 2. The number of morpholine rings is 2. The number of hydrogen-bond donors (Lipinski definition) is 0. The monoisotopic (exact) mass is 342 g/mol. The number of allylic oxidation sites excluding steroid dienone is 1. The fourth-order valence-corrected chi connectivity index (χ4v) is 7.98. The van der Waals surface area contributed by atoms with Crippen LogP contribution in [0.25, 0.3) is 0 Å². The van der Waals surface area contributed by atoms with Crippen molar-refractivity contribution in [3.63, 3.8) is 0 Å². The molecular weight excluding hydrogens is 308 g/mol. The van der Waals surface area contributed by atoms with Gasteiger partial charge in [-0.25, -0.2) is 0 Å². The summed E-state index contributed by atoms with van der Waals surface area (Å²) in [7, 11) is -0.00361. The van der Waals surface area contributed by atoms with Crippen LogP contribution < -0.4 is 0 Å². The van der Waals surface area contributed by atoms with E-state index in [4.69, 9.17) is 9.47 Å². The van der Waals surface area contributed by atoms with E-state index in [-0.39, 0.29) is 19.0 Å². The highest BCUT2D eigenvalue weighted by atomic mass is 28.2. The average molecular weight is 343 g/mol. The van der Waals surface area contributed by atoms with Crippen LogP contribution in [0.3, 0.4) is 0 Å². The van der Waals surface area contributed by atoms with E-state index in [9.17, 15) is 0 Å². The third-order valence-corrected chi connectivity index (χ3v) is 9.12. The predicted molar refractivity (Wildman–Crippen MR) is 99.3 cm³/mol. The molecule has 0 aliphatic carbocycles. The van der Waals surface area contributed by atoms with Gasteiger partial charge in [0.2, 0.25) is 0 Å². The maximum Gasteiger partial charge on any atom is 0.0594 e. The molecule has 0 spiro atoms.